The maximum absolute atomic E-state index is 13.3. The molecule has 0 heterocycles. The number of nitrogens with zero attached hydrogens (tertiary/aromatic N) is 1. The molecule has 0 aliphatic carbocycles. The molecule has 2 rings (SSSR count). The van der Waals surface area contributed by atoms with Crippen LogP contribution in [0.25, 0.3) is 0 Å². The zero-order valence-corrected chi connectivity index (χ0v) is 17.8. The summed E-state index contributed by atoms with van der Waals surface area (Å²) in [7, 11) is -2.52. The van der Waals surface area contributed by atoms with Gasteiger partial charge in [-0.3, -0.25) is 10.0 Å². The number of carbonyl (C=O) groups excluding carboxylic acids is 1. The molecule has 0 spiro atoms. The van der Waals surface area contributed by atoms with Crippen molar-refractivity contribution in [3.8, 4) is 11.5 Å². The molecule has 2 aromatic carbocycles. The quantitative estimate of drug-likeness (QED) is 0.244. The summed E-state index contributed by atoms with van der Waals surface area (Å²) in [4.78, 5) is 12.0. The lowest BCUT2D eigenvalue weighted by atomic mass is 10.2. The lowest BCUT2D eigenvalue weighted by molar-refractivity contribution is -0.132. The van der Waals surface area contributed by atoms with Crippen molar-refractivity contribution in [2.24, 2.45) is 0 Å². The first kappa shape index (κ1) is 23.4. The Morgan fingerprint density at radius 1 is 1.17 bits per heavy atom. The average Bonchev–Trinajstić information content (AvgIpc) is 2.77. The van der Waals surface area contributed by atoms with Gasteiger partial charge in [-0.05, 0) is 55.3 Å². The van der Waals surface area contributed by atoms with Gasteiger partial charge >= 0.3 is 0 Å². The highest BCUT2D eigenvalue weighted by Gasteiger charge is 2.33. The molecule has 0 saturated carbocycles. The molecule has 0 fully saturated rings. The third-order valence-electron chi connectivity index (χ3n) is 4.44. The summed E-state index contributed by atoms with van der Waals surface area (Å²) >= 11 is 0. The SMILES string of the molecule is C=CCCOc1ccc(S(=O)(=O)N(Cc2ccc(OC)cc2)C(C)C(=O)NO)cc1. The Bertz CT molecular complexity index is 942. The van der Waals surface area contributed by atoms with Crippen LogP contribution in [0.3, 0.4) is 0 Å². The molecule has 1 unspecified atom stereocenters. The Kier molecular flexibility index (Phi) is 8.40. The molecule has 8 nitrogen and oxygen atoms in total. The molecule has 1 amide bonds. The van der Waals surface area contributed by atoms with Crippen molar-refractivity contribution in [2.45, 2.75) is 30.8 Å². The predicted molar refractivity (Wildman–Crippen MR) is 112 cm³/mol. The number of amides is 1. The number of rotatable bonds is 11. The number of ether oxygens (including phenoxy) is 2. The van der Waals surface area contributed by atoms with E-state index in [1.54, 1.807) is 42.5 Å². The van der Waals surface area contributed by atoms with Crippen LogP contribution >= 0.6 is 0 Å². The van der Waals surface area contributed by atoms with Crippen LogP contribution in [0.15, 0.2) is 66.1 Å². The normalized spacial score (nSPS) is 12.3. The fourth-order valence-electron chi connectivity index (χ4n) is 2.67. The number of carbonyl (C=O) groups is 1. The smallest absolute Gasteiger partial charge is 0.261 e. The van der Waals surface area contributed by atoms with E-state index in [0.717, 1.165) is 4.31 Å². The topological polar surface area (TPSA) is 105 Å². The van der Waals surface area contributed by atoms with Crippen LogP contribution in [0.5, 0.6) is 11.5 Å². The van der Waals surface area contributed by atoms with Crippen molar-refractivity contribution in [3.05, 3.63) is 66.7 Å². The van der Waals surface area contributed by atoms with E-state index in [2.05, 4.69) is 6.58 Å². The van der Waals surface area contributed by atoms with Gasteiger partial charge in [0.2, 0.25) is 10.0 Å². The van der Waals surface area contributed by atoms with Crippen molar-refractivity contribution < 1.29 is 27.9 Å². The highest BCUT2D eigenvalue weighted by atomic mass is 32.2. The third kappa shape index (κ3) is 5.82. The van der Waals surface area contributed by atoms with Crippen LogP contribution in [0.4, 0.5) is 0 Å². The molecular weight excluding hydrogens is 408 g/mol. The monoisotopic (exact) mass is 434 g/mol. The van der Waals surface area contributed by atoms with Gasteiger partial charge in [-0.25, -0.2) is 13.9 Å². The maximum atomic E-state index is 13.3. The van der Waals surface area contributed by atoms with E-state index in [4.69, 9.17) is 14.7 Å². The highest BCUT2D eigenvalue weighted by Crippen LogP contribution is 2.24. The van der Waals surface area contributed by atoms with Crippen LogP contribution in [0, 0.1) is 0 Å². The second-order valence-corrected chi connectivity index (χ2v) is 8.34. The summed E-state index contributed by atoms with van der Waals surface area (Å²) in [6.45, 7) is 5.39. The van der Waals surface area contributed by atoms with Crippen molar-refractivity contribution in [2.75, 3.05) is 13.7 Å². The minimum Gasteiger partial charge on any atom is -0.497 e. The van der Waals surface area contributed by atoms with Gasteiger partial charge in [-0.1, -0.05) is 18.2 Å². The minimum atomic E-state index is -4.05. The van der Waals surface area contributed by atoms with Gasteiger partial charge in [0.15, 0.2) is 0 Å². The largest absolute Gasteiger partial charge is 0.497 e. The molecule has 0 aromatic heterocycles. The number of sulfonamides is 1. The summed E-state index contributed by atoms with van der Waals surface area (Å²) < 4.78 is 38.2. The first-order valence-electron chi connectivity index (χ1n) is 9.26. The van der Waals surface area contributed by atoms with Crippen molar-refractivity contribution in [1.29, 1.82) is 0 Å². The molecule has 9 heteroatoms. The van der Waals surface area contributed by atoms with Gasteiger partial charge < -0.3 is 9.47 Å². The van der Waals surface area contributed by atoms with Crippen LogP contribution in [0.1, 0.15) is 18.9 Å². The zero-order valence-electron chi connectivity index (χ0n) is 16.9. The molecule has 162 valence electrons. The predicted octanol–water partition coefficient (Wildman–Crippen LogP) is 2.73. The van der Waals surface area contributed by atoms with Crippen LogP contribution in [-0.4, -0.2) is 43.6 Å². The Labute approximate surface area is 176 Å². The van der Waals surface area contributed by atoms with Gasteiger partial charge in [0.05, 0.1) is 18.6 Å². The van der Waals surface area contributed by atoms with E-state index in [-0.39, 0.29) is 11.4 Å². The van der Waals surface area contributed by atoms with Gasteiger partial charge in [0.25, 0.3) is 5.91 Å². The average molecular weight is 435 g/mol. The summed E-state index contributed by atoms with van der Waals surface area (Å²) in [5, 5.41) is 9.00. The minimum absolute atomic E-state index is 0.00433. The van der Waals surface area contributed by atoms with Crippen LogP contribution in [0.2, 0.25) is 0 Å². The summed E-state index contributed by atoms with van der Waals surface area (Å²) in [6, 6.07) is 11.6. The van der Waals surface area contributed by atoms with Gasteiger partial charge in [0, 0.05) is 6.54 Å². The Balaban J connectivity index is 2.32. The number of methoxy groups -OCH3 is 1. The maximum Gasteiger partial charge on any atom is 0.261 e. The Hall–Kier alpha value is -2.88. The lowest BCUT2D eigenvalue weighted by Crippen LogP contribution is -2.46. The molecule has 0 bridgehead atoms. The fourth-order valence-corrected chi connectivity index (χ4v) is 4.25. The Morgan fingerprint density at radius 2 is 1.77 bits per heavy atom. The molecule has 0 aliphatic rings. The second kappa shape index (κ2) is 10.8. The molecule has 0 aliphatic heterocycles. The van der Waals surface area contributed by atoms with Gasteiger partial charge in [-0.2, -0.15) is 4.31 Å². The molecule has 2 N–H and O–H groups in total. The lowest BCUT2D eigenvalue weighted by Gasteiger charge is -2.27. The van der Waals surface area contributed by atoms with E-state index in [1.165, 1.54) is 31.6 Å². The first-order valence-corrected chi connectivity index (χ1v) is 10.7. The molecule has 2 aromatic rings. The van der Waals surface area contributed by atoms with E-state index in [9.17, 15) is 13.2 Å². The summed E-state index contributed by atoms with van der Waals surface area (Å²) in [5.41, 5.74) is 2.17. The first-order chi connectivity index (χ1) is 14.3. The zero-order chi connectivity index (χ0) is 22.1. The van der Waals surface area contributed by atoms with E-state index >= 15 is 0 Å². The number of hydrogen-bond acceptors (Lipinski definition) is 6. The number of benzene rings is 2. The summed E-state index contributed by atoms with van der Waals surface area (Å²) in [5.74, 6) is 0.316. The molecule has 0 saturated heterocycles. The number of hydroxylamine groups is 1. The van der Waals surface area contributed by atoms with E-state index in [0.29, 0.717) is 30.1 Å². The standard InChI is InChI=1S/C21H26N2O6S/c1-4-5-14-29-19-10-12-20(13-11-19)30(26,27)23(16(2)21(24)22-25)15-17-6-8-18(28-3)9-7-17/h4,6-13,16,25H,1,5,14-15H2,2-3H3,(H,22,24). The van der Waals surface area contributed by atoms with Crippen molar-refractivity contribution >= 4 is 15.9 Å². The number of nitrogens with one attached hydrogen (secondary N) is 1. The number of hydrogen-bond donors (Lipinski definition) is 2. The van der Waals surface area contributed by atoms with Crippen LogP contribution in [-0.2, 0) is 21.4 Å². The second-order valence-electron chi connectivity index (χ2n) is 6.45. The molecule has 1 atom stereocenters. The van der Waals surface area contributed by atoms with E-state index in [1.807, 2.05) is 0 Å². The van der Waals surface area contributed by atoms with Crippen molar-refractivity contribution in [3.63, 3.8) is 0 Å². The van der Waals surface area contributed by atoms with Crippen LogP contribution < -0.4 is 15.0 Å². The van der Waals surface area contributed by atoms with Crippen molar-refractivity contribution in [1.82, 2.24) is 9.79 Å². The highest BCUT2D eigenvalue weighted by molar-refractivity contribution is 7.89. The van der Waals surface area contributed by atoms with Gasteiger partial charge in [0.1, 0.15) is 17.5 Å². The van der Waals surface area contributed by atoms with E-state index < -0.39 is 22.0 Å². The molecule has 0 radical (unpaired) electrons. The fraction of sp³-hybridized carbons (Fsp3) is 0.286. The molecular formula is C21H26N2O6S. The molecule has 30 heavy (non-hydrogen) atoms. The third-order valence-corrected chi connectivity index (χ3v) is 6.37. The van der Waals surface area contributed by atoms with Gasteiger partial charge in [-0.15, -0.1) is 6.58 Å². The summed E-state index contributed by atoms with van der Waals surface area (Å²) in [6.07, 6.45) is 2.40. The Morgan fingerprint density at radius 3 is 2.30 bits per heavy atom.